The van der Waals surface area contributed by atoms with Gasteiger partial charge in [-0.3, -0.25) is 10.0 Å². The van der Waals surface area contributed by atoms with Gasteiger partial charge < -0.3 is 20.2 Å². The molecular weight excluding hydrogens is 398 g/mol. The molecule has 0 bridgehead atoms. The number of hydrogen-bond donors (Lipinski definition) is 3. The summed E-state index contributed by atoms with van der Waals surface area (Å²) in [4.78, 5) is 15.1. The normalized spacial score (nSPS) is 11.6. The number of sulfonamides is 1. The lowest BCUT2D eigenvalue weighted by Crippen LogP contribution is -2.26. The Bertz CT molecular complexity index is 1140. The predicted molar refractivity (Wildman–Crippen MR) is 108 cm³/mol. The minimum absolute atomic E-state index is 0.0338. The number of ether oxygens (including phenoxy) is 1. The van der Waals surface area contributed by atoms with E-state index in [0.717, 1.165) is 0 Å². The van der Waals surface area contributed by atoms with Crippen LogP contribution >= 0.6 is 0 Å². The maximum atomic E-state index is 12.4. The molecule has 0 saturated heterocycles. The van der Waals surface area contributed by atoms with E-state index in [4.69, 9.17) is 4.74 Å². The Morgan fingerprint density at radius 1 is 1.24 bits per heavy atom. The highest BCUT2D eigenvalue weighted by Crippen LogP contribution is 2.37. The summed E-state index contributed by atoms with van der Waals surface area (Å²) in [6.07, 6.45) is 0.191. The van der Waals surface area contributed by atoms with Gasteiger partial charge in [0.25, 0.3) is 0 Å². The fraction of sp³-hybridized carbons (Fsp3) is 0.211. The van der Waals surface area contributed by atoms with Crippen LogP contribution in [-0.4, -0.2) is 38.0 Å². The van der Waals surface area contributed by atoms with E-state index in [1.54, 1.807) is 24.3 Å². The minimum Gasteiger partial charge on any atom is -0.733 e. The fourth-order valence-corrected chi connectivity index (χ4v) is 4.25. The summed E-state index contributed by atoms with van der Waals surface area (Å²) in [6, 6.07) is 11.1. The van der Waals surface area contributed by atoms with Gasteiger partial charge in [0.05, 0.1) is 23.2 Å². The van der Waals surface area contributed by atoms with Crippen molar-refractivity contribution < 1.29 is 23.2 Å². The lowest BCUT2D eigenvalue weighted by molar-refractivity contribution is 0.101. The standard InChI is InChI=1S/C19H20N3O6S/c1-12(23)17-15(10-11-20-29(26,27)13-6-4-3-5-7-13)14-8-9-16(28-2)19(22(24)25)18(14)21-17/h3-9,20-21,24H,10-11H2,1-2H3/q-1. The first-order valence-electron chi connectivity index (χ1n) is 8.69. The number of rotatable bonds is 8. The number of carbonyl (C=O) groups is 1. The van der Waals surface area contributed by atoms with Crippen LogP contribution in [0, 0.1) is 5.21 Å². The summed E-state index contributed by atoms with van der Waals surface area (Å²) in [7, 11) is -2.35. The van der Waals surface area contributed by atoms with E-state index in [9.17, 15) is 23.6 Å². The van der Waals surface area contributed by atoms with Crippen molar-refractivity contribution in [1.29, 1.82) is 0 Å². The van der Waals surface area contributed by atoms with Gasteiger partial charge in [-0.15, -0.1) is 0 Å². The topological polar surface area (TPSA) is 135 Å². The Morgan fingerprint density at radius 3 is 2.52 bits per heavy atom. The lowest BCUT2D eigenvalue weighted by Gasteiger charge is -2.24. The molecule has 0 spiro atoms. The van der Waals surface area contributed by atoms with Crippen molar-refractivity contribution in [2.24, 2.45) is 0 Å². The van der Waals surface area contributed by atoms with E-state index in [1.807, 2.05) is 0 Å². The van der Waals surface area contributed by atoms with Crippen LogP contribution in [0.25, 0.3) is 10.9 Å². The number of fused-ring (bicyclic) bond motifs is 1. The van der Waals surface area contributed by atoms with Crippen molar-refractivity contribution in [2.45, 2.75) is 18.2 Å². The Kier molecular flexibility index (Phi) is 5.89. The molecule has 29 heavy (non-hydrogen) atoms. The van der Waals surface area contributed by atoms with E-state index < -0.39 is 10.0 Å². The molecule has 9 nitrogen and oxygen atoms in total. The third kappa shape index (κ3) is 4.10. The number of benzene rings is 2. The second-order valence-electron chi connectivity index (χ2n) is 6.31. The number of H-pyrrole nitrogens is 1. The maximum absolute atomic E-state index is 12.4. The number of ketones is 1. The van der Waals surface area contributed by atoms with Gasteiger partial charge in [-0.05, 0) is 36.2 Å². The summed E-state index contributed by atoms with van der Waals surface area (Å²) < 4.78 is 32.4. The molecule has 0 unspecified atom stereocenters. The van der Waals surface area contributed by atoms with Gasteiger partial charge in [-0.2, -0.15) is 0 Å². The molecule has 1 aromatic heterocycles. The van der Waals surface area contributed by atoms with Crippen molar-refractivity contribution in [1.82, 2.24) is 9.71 Å². The van der Waals surface area contributed by atoms with Crippen molar-refractivity contribution in [3.8, 4) is 5.75 Å². The van der Waals surface area contributed by atoms with Gasteiger partial charge in [-0.25, -0.2) is 13.1 Å². The fourth-order valence-electron chi connectivity index (χ4n) is 3.19. The second-order valence-corrected chi connectivity index (χ2v) is 8.07. The van der Waals surface area contributed by atoms with E-state index in [0.29, 0.717) is 10.9 Å². The van der Waals surface area contributed by atoms with E-state index in [2.05, 4.69) is 9.71 Å². The molecule has 154 valence electrons. The number of carbonyl (C=O) groups excluding carboxylic acids is 1. The smallest absolute Gasteiger partial charge is 0.240 e. The Morgan fingerprint density at radius 2 is 1.93 bits per heavy atom. The van der Waals surface area contributed by atoms with Crippen molar-refractivity contribution in [3.63, 3.8) is 0 Å². The van der Waals surface area contributed by atoms with Gasteiger partial charge in [0.2, 0.25) is 10.0 Å². The summed E-state index contributed by atoms with van der Waals surface area (Å²) >= 11 is 0. The van der Waals surface area contributed by atoms with Crippen LogP contribution in [0.15, 0.2) is 47.4 Å². The predicted octanol–water partition coefficient (Wildman–Crippen LogP) is 2.59. The first kappa shape index (κ1) is 20.8. The molecule has 10 heteroatoms. The third-order valence-electron chi connectivity index (χ3n) is 4.50. The second kappa shape index (κ2) is 8.21. The largest absolute Gasteiger partial charge is 0.733 e. The first-order chi connectivity index (χ1) is 13.8. The molecule has 0 saturated carbocycles. The summed E-state index contributed by atoms with van der Waals surface area (Å²) in [6.45, 7) is 1.39. The van der Waals surface area contributed by atoms with Crippen LogP contribution in [0.5, 0.6) is 5.75 Å². The zero-order valence-electron chi connectivity index (χ0n) is 15.8. The number of nitrogens with zero attached hydrogens (tertiary/aromatic N) is 1. The van der Waals surface area contributed by atoms with Crippen molar-refractivity contribution in [2.75, 3.05) is 18.9 Å². The number of anilines is 1. The van der Waals surface area contributed by atoms with E-state index in [1.165, 1.54) is 32.2 Å². The van der Waals surface area contributed by atoms with Crippen LogP contribution in [0.3, 0.4) is 0 Å². The molecule has 0 aliphatic heterocycles. The highest BCUT2D eigenvalue weighted by Gasteiger charge is 2.21. The van der Waals surface area contributed by atoms with E-state index >= 15 is 0 Å². The number of hydrogen-bond acceptors (Lipinski definition) is 7. The molecule has 0 aliphatic rings. The molecule has 0 aliphatic carbocycles. The molecule has 3 aromatic rings. The van der Waals surface area contributed by atoms with Crippen LogP contribution < -0.4 is 14.7 Å². The number of aromatic nitrogens is 1. The molecule has 0 amide bonds. The first-order valence-corrected chi connectivity index (χ1v) is 10.2. The number of nitrogens with one attached hydrogen (secondary N) is 2. The maximum Gasteiger partial charge on any atom is 0.240 e. The molecule has 3 rings (SSSR count). The van der Waals surface area contributed by atoms with Crippen LogP contribution in [-0.2, 0) is 16.4 Å². The van der Waals surface area contributed by atoms with Crippen LogP contribution in [0.4, 0.5) is 5.69 Å². The molecule has 3 N–H and O–H groups in total. The molecular formula is C19H20N3O6S-. The average molecular weight is 418 g/mol. The van der Waals surface area contributed by atoms with Crippen LogP contribution in [0.1, 0.15) is 23.0 Å². The van der Waals surface area contributed by atoms with Gasteiger partial charge in [-0.1, -0.05) is 18.2 Å². The van der Waals surface area contributed by atoms with Crippen LogP contribution in [0.2, 0.25) is 0 Å². The average Bonchev–Trinajstić information content (AvgIpc) is 3.06. The summed E-state index contributed by atoms with van der Waals surface area (Å²) in [5.74, 6) is -0.162. The van der Waals surface area contributed by atoms with Gasteiger partial charge in [0.1, 0.15) is 11.4 Å². The Labute approximate surface area is 167 Å². The molecule has 1 heterocycles. The molecule has 2 aromatic carbocycles. The lowest BCUT2D eigenvalue weighted by atomic mass is 10.0. The van der Waals surface area contributed by atoms with Crippen molar-refractivity contribution >= 4 is 32.4 Å². The monoisotopic (exact) mass is 418 g/mol. The number of Topliss-reactive ketones (excluding diaryl/α,β-unsaturated/α-hetero) is 1. The van der Waals surface area contributed by atoms with E-state index in [-0.39, 0.29) is 51.5 Å². The van der Waals surface area contributed by atoms with Gasteiger partial charge >= 0.3 is 0 Å². The third-order valence-corrected chi connectivity index (χ3v) is 5.98. The summed E-state index contributed by atoms with van der Waals surface area (Å²) in [5.41, 5.74) is 0.834. The highest BCUT2D eigenvalue weighted by atomic mass is 32.2. The molecule has 0 radical (unpaired) electrons. The number of aromatic amines is 1. The Balaban J connectivity index is 1.95. The minimum atomic E-state index is -3.70. The number of methoxy groups -OCH3 is 1. The summed E-state index contributed by atoms with van der Waals surface area (Å²) in [5, 5.41) is 21.3. The zero-order valence-corrected chi connectivity index (χ0v) is 16.6. The van der Waals surface area contributed by atoms with Crippen molar-refractivity contribution in [3.05, 3.63) is 58.9 Å². The molecule has 0 fully saturated rings. The molecule has 0 atom stereocenters. The Hall–Kier alpha value is -2.92. The highest BCUT2D eigenvalue weighted by molar-refractivity contribution is 7.89. The SMILES string of the molecule is COc1ccc2c(CCNS(=O)(=O)c3ccccc3)c(C(C)=O)[nH]c2c1N([O-])O. The van der Waals surface area contributed by atoms with Gasteiger partial charge in [0, 0.05) is 18.9 Å². The quantitative estimate of drug-likeness (QED) is 0.378. The van der Waals surface area contributed by atoms with Gasteiger partial charge in [0.15, 0.2) is 5.78 Å². The zero-order chi connectivity index (χ0) is 21.2.